The van der Waals surface area contributed by atoms with E-state index in [1.54, 1.807) is 6.08 Å². The Hall–Kier alpha value is -4.56. The van der Waals surface area contributed by atoms with Gasteiger partial charge < -0.3 is 9.32 Å². The number of rotatable bonds is 7. The van der Waals surface area contributed by atoms with Gasteiger partial charge in [0.25, 0.3) is 0 Å². The molecule has 34 heavy (non-hydrogen) atoms. The van der Waals surface area contributed by atoms with Crippen molar-refractivity contribution >= 4 is 33.6 Å². The highest BCUT2D eigenvalue weighted by Gasteiger charge is 2.13. The van der Waals surface area contributed by atoms with Gasteiger partial charge in [0.15, 0.2) is 0 Å². The summed E-state index contributed by atoms with van der Waals surface area (Å²) in [5.41, 5.74) is 7.34. The molecule has 164 valence electrons. The summed E-state index contributed by atoms with van der Waals surface area (Å²) in [6, 6.07) is 37.6. The van der Waals surface area contributed by atoms with Crippen LogP contribution in [0.15, 0.2) is 145 Å². The van der Waals surface area contributed by atoms with Gasteiger partial charge in [-0.05, 0) is 71.8 Å². The van der Waals surface area contributed by atoms with Crippen molar-refractivity contribution in [3.8, 4) is 11.3 Å². The zero-order valence-electron chi connectivity index (χ0n) is 18.9. The molecule has 0 N–H and O–H groups in total. The van der Waals surface area contributed by atoms with Crippen LogP contribution in [0, 0.1) is 0 Å². The maximum Gasteiger partial charge on any atom is 0.135 e. The largest absolute Gasteiger partial charge is 0.456 e. The van der Waals surface area contributed by atoms with E-state index in [1.165, 1.54) is 0 Å². The van der Waals surface area contributed by atoms with E-state index >= 15 is 0 Å². The maximum absolute atomic E-state index is 6.06. The van der Waals surface area contributed by atoms with Crippen LogP contribution in [-0.2, 0) is 0 Å². The molecule has 0 aliphatic heterocycles. The highest BCUT2D eigenvalue weighted by molar-refractivity contribution is 5.84. The van der Waals surface area contributed by atoms with E-state index in [0.717, 1.165) is 50.5 Å². The number of fused-ring (bicyclic) bond motifs is 1. The molecule has 5 aromatic rings. The first-order valence-electron chi connectivity index (χ1n) is 11.3. The molecule has 0 bridgehead atoms. The molecule has 0 saturated carbocycles. The van der Waals surface area contributed by atoms with Gasteiger partial charge in [-0.15, -0.1) is 0 Å². The molecule has 0 amide bonds. The van der Waals surface area contributed by atoms with E-state index in [4.69, 9.17) is 4.42 Å². The Balaban J connectivity index is 1.52. The second-order valence-corrected chi connectivity index (χ2v) is 7.98. The standard InChI is InChI=1S/C32H25NO/c1-3-10-24(4-2)25-15-19-29(20-16-25)33(28-12-6-5-7-13-28)30-21-17-26(18-22-30)32-23-27-11-8-9-14-31(27)34-32/h3-23H,1-2H2/b24-10+. The molecule has 0 radical (unpaired) electrons. The lowest BCUT2D eigenvalue weighted by molar-refractivity contribution is 0.631. The third-order valence-electron chi connectivity index (χ3n) is 5.83. The highest BCUT2D eigenvalue weighted by Crippen LogP contribution is 2.36. The third kappa shape index (κ3) is 4.22. The van der Waals surface area contributed by atoms with Gasteiger partial charge in [-0.3, -0.25) is 0 Å². The Bertz CT molecular complexity index is 1420. The lowest BCUT2D eigenvalue weighted by Gasteiger charge is -2.25. The first-order chi connectivity index (χ1) is 16.8. The minimum absolute atomic E-state index is 0.870. The monoisotopic (exact) mass is 439 g/mol. The van der Waals surface area contributed by atoms with Crippen molar-refractivity contribution < 1.29 is 4.42 Å². The predicted octanol–water partition coefficient (Wildman–Crippen LogP) is 9.32. The van der Waals surface area contributed by atoms with Gasteiger partial charge in [0.05, 0.1) is 0 Å². The van der Waals surface area contributed by atoms with Crippen LogP contribution in [0.3, 0.4) is 0 Å². The molecule has 0 saturated heterocycles. The number of allylic oxidation sites excluding steroid dienone is 4. The molecule has 0 atom stereocenters. The molecule has 1 aromatic heterocycles. The van der Waals surface area contributed by atoms with Crippen LogP contribution in [0.1, 0.15) is 5.56 Å². The fourth-order valence-corrected chi connectivity index (χ4v) is 4.14. The number of anilines is 3. The number of nitrogens with zero attached hydrogens (tertiary/aromatic N) is 1. The van der Waals surface area contributed by atoms with Gasteiger partial charge in [-0.25, -0.2) is 0 Å². The molecule has 0 unspecified atom stereocenters. The van der Waals surface area contributed by atoms with Gasteiger partial charge in [0.1, 0.15) is 11.3 Å². The van der Waals surface area contributed by atoms with Crippen molar-refractivity contribution in [3.05, 3.63) is 146 Å². The lowest BCUT2D eigenvalue weighted by Crippen LogP contribution is -2.09. The van der Waals surface area contributed by atoms with Crippen molar-refractivity contribution in [3.63, 3.8) is 0 Å². The molecule has 0 spiro atoms. The van der Waals surface area contributed by atoms with Crippen molar-refractivity contribution in [2.24, 2.45) is 0 Å². The van der Waals surface area contributed by atoms with E-state index < -0.39 is 0 Å². The zero-order valence-corrected chi connectivity index (χ0v) is 18.9. The Kier molecular flexibility index (Phi) is 5.96. The van der Waals surface area contributed by atoms with Crippen LogP contribution in [0.2, 0.25) is 0 Å². The van der Waals surface area contributed by atoms with Crippen molar-refractivity contribution in [2.45, 2.75) is 0 Å². The first kappa shape index (κ1) is 21.3. The first-order valence-corrected chi connectivity index (χ1v) is 11.3. The van der Waals surface area contributed by atoms with Crippen molar-refractivity contribution in [1.29, 1.82) is 0 Å². The van der Waals surface area contributed by atoms with E-state index in [0.29, 0.717) is 0 Å². The molecule has 2 nitrogen and oxygen atoms in total. The van der Waals surface area contributed by atoms with E-state index in [2.05, 4.69) is 103 Å². The van der Waals surface area contributed by atoms with Crippen molar-refractivity contribution in [2.75, 3.05) is 4.90 Å². The summed E-state index contributed by atoms with van der Waals surface area (Å²) in [6.07, 6.45) is 5.60. The second kappa shape index (κ2) is 9.51. The highest BCUT2D eigenvalue weighted by atomic mass is 16.3. The molecule has 0 fully saturated rings. The molecule has 2 heteroatoms. The van der Waals surface area contributed by atoms with Crippen LogP contribution in [0.25, 0.3) is 27.9 Å². The normalized spacial score (nSPS) is 11.4. The van der Waals surface area contributed by atoms with Crippen molar-refractivity contribution in [1.82, 2.24) is 0 Å². The number of hydrogen-bond donors (Lipinski definition) is 0. The molecule has 0 aliphatic rings. The van der Waals surface area contributed by atoms with Gasteiger partial charge in [0.2, 0.25) is 0 Å². The summed E-state index contributed by atoms with van der Waals surface area (Å²) < 4.78 is 6.06. The molecular formula is C32H25NO. The maximum atomic E-state index is 6.06. The average molecular weight is 440 g/mol. The average Bonchev–Trinajstić information content (AvgIpc) is 3.33. The quantitative estimate of drug-likeness (QED) is 0.235. The Morgan fingerprint density at radius 1 is 0.676 bits per heavy atom. The number of furan rings is 1. The molecule has 0 aliphatic carbocycles. The summed E-state index contributed by atoms with van der Waals surface area (Å²) in [6.45, 7) is 7.72. The second-order valence-electron chi connectivity index (χ2n) is 7.98. The topological polar surface area (TPSA) is 16.4 Å². The Morgan fingerprint density at radius 2 is 1.29 bits per heavy atom. The summed E-state index contributed by atoms with van der Waals surface area (Å²) in [5, 5.41) is 1.11. The number of benzene rings is 4. The smallest absolute Gasteiger partial charge is 0.135 e. The predicted molar refractivity (Wildman–Crippen MR) is 145 cm³/mol. The summed E-state index contributed by atoms with van der Waals surface area (Å²) >= 11 is 0. The fraction of sp³-hybridized carbons (Fsp3) is 0. The van der Waals surface area contributed by atoms with Crippen LogP contribution in [0.4, 0.5) is 17.1 Å². The van der Waals surface area contributed by atoms with E-state index in [-0.39, 0.29) is 0 Å². The molecule has 5 rings (SSSR count). The van der Waals surface area contributed by atoms with Gasteiger partial charge in [-0.1, -0.05) is 79.9 Å². The lowest BCUT2D eigenvalue weighted by atomic mass is 10.0. The minimum atomic E-state index is 0.870. The SMILES string of the molecule is C=C/C=C(\C=C)c1ccc(N(c2ccccc2)c2ccc(-c3cc4ccccc4o3)cc2)cc1. The van der Waals surface area contributed by atoms with Gasteiger partial charge >= 0.3 is 0 Å². The number of para-hydroxylation sites is 2. The zero-order chi connectivity index (χ0) is 23.3. The summed E-state index contributed by atoms with van der Waals surface area (Å²) in [7, 11) is 0. The summed E-state index contributed by atoms with van der Waals surface area (Å²) in [4.78, 5) is 2.25. The molecule has 4 aromatic carbocycles. The van der Waals surface area contributed by atoms with Gasteiger partial charge in [0, 0.05) is 28.0 Å². The van der Waals surface area contributed by atoms with Crippen LogP contribution in [0.5, 0.6) is 0 Å². The van der Waals surface area contributed by atoms with Crippen LogP contribution < -0.4 is 4.90 Å². The Morgan fingerprint density at radius 3 is 1.94 bits per heavy atom. The minimum Gasteiger partial charge on any atom is -0.456 e. The van der Waals surface area contributed by atoms with Crippen LogP contribution >= 0.6 is 0 Å². The van der Waals surface area contributed by atoms with E-state index in [9.17, 15) is 0 Å². The number of hydrogen-bond acceptors (Lipinski definition) is 2. The molecule has 1 heterocycles. The fourth-order valence-electron chi connectivity index (χ4n) is 4.14. The summed E-state index contributed by atoms with van der Waals surface area (Å²) in [5.74, 6) is 0.870. The Labute approximate surface area is 200 Å². The van der Waals surface area contributed by atoms with Crippen LogP contribution in [-0.4, -0.2) is 0 Å². The molecular weight excluding hydrogens is 414 g/mol. The third-order valence-corrected chi connectivity index (χ3v) is 5.83. The van der Waals surface area contributed by atoms with E-state index in [1.807, 2.05) is 36.4 Å². The van der Waals surface area contributed by atoms with Gasteiger partial charge in [-0.2, -0.15) is 0 Å².